The van der Waals surface area contributed by atoms with Crippen molar-refractivity contribution in [1.82, 2.24) is 4.57 Å². The molecule has 1 aromatic carbocycles. The van der Waals surface area contributed by atoms with Crippen LogP contribution in [0.3, 0.4) is 0 Å². The first kappa shape index (κ1) is 21.1. The summed E-state index contributed by atoms with van der Waals surface area (Å²) in [5, 5.41) is -0.609. The van der Waals surface area contributed by atoms with Crippen LogP contribution in [0.25, 0.3) is 0 Å². The molecular weight excluding hydrogens is 409 g/mol. The molecule has 1 amide bonds. The average Bonchev–Trinajstić information content (AvgIpc) is 3.32. The zero-order valence-corrected chi connectivity index (χ0v) is 17.7. The number of amides is 1. The van der Waals surface area contributed by atoms with E-state index in [1.54, 1.807) is 0 Å². The van der Waals surface area contributed by atoms with Crippen LogP contribution in [0.4, 0.5) is 13.2 Å². The van der Waals surface area contributed by atoms with E-state index >= 15 is 0 Å². The van der Waals surface area contributed by atoms with Gasteiger partial charge in [-0.05, 0) is 43.2 Å². The van der Waals surface area contributed by atoms with E-state index < -0.39 is 22.7 Å². The van der Waals surface area contributed by atoms with Gasteiger partial charge in [0.05, 0.1) is 16.1 Å². The molecule has 28 heavy (non-hydrogen) atoms. The Kier molecular flexibility index (Phi) is 5.53. The molecule has 0 bridgehead atoms. The van der Waals surface area contributed by atoms with Crippen LogP contribution in [-0.2, 0) is 18.1 Å². The Labute approximate surface area is 170 Å². The molecule has 0 aliphatic heterocycles. The van der Waals surface area contributed by atoms with E-state index in [2.05, 4.69) is 25.8 Å². The van der Waals surface area contributed by atoms with Crippen molar-refractivity contribution in [2.24, 2.45) is 10.9 Å². The third kappa shape index (κ3) is 4.35. The van der Waals surface area contributed by atoms with Gasteiger partial charge in [-0.1, -0.05) is 38.4 Å². The van der Waals surface area contributed by atoms with Gasteiger partial charge in [-0.3, -0.25) is 4.79 Å². The first-order chi connectivity index (χ1) is 12.9. The number of benzene rings is 1. The Balaban J connectivity index is 2.10. The second-order valence-corrected chi connectivity index (χ2v) is 9.54. The number of hydrogen-bond acceptors (Lipinski definition) is 2. The highest BCUT2D eigenvalue weighted by atomic mass is 35.5. The van der Waals surface area contributed by atoms with E-state index in [0.29, 0.717) is 10.7 Å². The molecule has 0 unspecified atom stereocenters. The summed E-state index contributed by atoms with van der Waals surface area (Å²) >= 11 is 7.31. The van der Waals surface area contributed by atoms with Crippen molar-refractivity contribution < 1.29 is 18.0 Å². The number of alkyl halides is 3. The van der Waals surface area contributed by atoms with Gasteiger partial charge < -0.3 is 4.57 Å². The number of hydrogen-bond donors (Lipinski definition) is 0. The predicted molar refractivity (Wildman–Crippen MR) is 105 cm³/mol. The van der Waals surface area contributed by atoms with Crippen LogP contribution < -0.4 is 4.80 Å². The van der Waals surface area contributed by atoms with Gasteiger partial charge in [0.25, 0.3) is 5.91 Å². The van der Waals surface area contributed by atoms with Gasteiger partial charge in [0.15, 0.2) is 4.80 Å². The van der Waals surface area contributed by atoms with Gasteiger partial charge in [0, 0.05) is 17.1 Å². The van der Waals surface area contributed by atoms with Crippen molar-refractivity contribution in [3.8, 4) is 0 Å². The SMILES string of the molecule is Cc1c(C(C)(C)C)s/c(=N\C(=O)c2cccc(C(F)(F)F)c2Cl)n1CC1CC1. The summed E-state index contributed by atoms with van der Waals surface area (Å²) in [7, 11) is 0. The Morgan fingerprint density at radius 3 is 2.46 bits per heavy atom. The van der Waals surface area contributed by atoms with Gasteiger partial charge in [-0.2, -0.15) is 18.2 Å². The van der Waals surface area contributed by atoms with Crippen LogP contribution in [0.5, 0.6) is 0 Å². The smallest absolute Gasteiger partial charge is 0.320 e. The van der Waals surface area contributed by atoms with Crippen molar-refractivity contribution in [2.75, 3.05) is 0 Å². The normalized spacial score (nSPS) is 15.9. The van der Waals surface area contributed by atoms with Gasteiger partial charge in [-0.15, -0.1) is 11.3 Å². The lowest BCUT2D eigenvalue weighted by atomic mass is 9.93. The van der Waals surface area contributed by atoms with Crippen molar-refractivity contribution in [2.45, 2.75) is 58.7 Å². The summed E-state index contributed by atoms with van der Waals surface area (Å²) in [4.78, 5) is 18.5. The van der Waals surface area contributed by atoms with Gasteiger partial charge in [0.2, 0.25) is 0 Å². The molecule has 0 spiro atoms. The molecule has 1 fully saturated rings. The summed E-state index contributed by atoms with van der Waals surface area (Å²) in [6.07, 6.45) is -2.35. The molecule has 1 aromatic heterocycles. The lowest BCUT2D eigenvalue weighted by Crippen LogP contribution is -2.20. The highest BCUT2D eigenvalue weighted by Crippen LogP contribution is 2.37. The van der Waals surface area contributed by atoms with Gasteiger partial charge >= 0.3 is 6.18 Å². The molecule has 0 saturated heterocycles. The van der Waals surface area contributed by atoms with Crippen LogP contribution >= 0.6 is 22.9 Å². The zero-order valence-electron chi connectivity index (χ0n) is 16.2. The molecule has 0 N–H and O–H groups in total. The molecule has 1 heterocycles. The van der Waals surface area contributed by atoms with E-state index in [0.717, 1.165) is 36.0 Å². The molecule has 8 heteroatoms. The highest BCUT2D eigenvalue weighted by Gasteiger charge is 2.35. The van der Waals surface area contributed by atoms with E-state index in [1.807, 2.05) is 11.5 Å². The molecule has 3 nitrogen and oxygen atoms in total. The fraction of sp³-hybridized carbons (Fsp3) is 0.500. The monoisotopic (exact) mass is 430 g/mol. The minimum absolute atomic E-state index is 0.120. The number of carbonyl (C=O) groups excluding carboxylic acids is 1. The number of carbonyl (C=O) groups is 1. The maximum absolute atomic E-state index is 13.1. The van der Waals surface area contributed by atoms with Crippen LogP contribution in [0.2, 0.25) is 5.02 Å². The molecule has 0 radical (unpaired) electrons. The molecule has 1 aliphatic rings. The summed E-state index contributed by atoms with van der Waals surface area (Å²) in [5.41, 5.74) is -0.340. The van der Waals surface area contributed by atoms with Gasteiger partial charge in [-0.25, -0.2) is 0 Å². The number of halogens is 4. The Hall–Kier alpha value is -1.60. The quantitative estimate of drug-likeness (QED) is 0.589. The molecular formula is C20H22ClF3N2OS. The highest BCUT2D eigenvalue weighted by molar-refractivity contribution is 7.09. The Bertz CT molecular complexity index is 979. The third-order valence-corrected chi connectivity index (χ3v) is 6.72. The van der Waals surface area contributed by atoms with E-state index in [9.17, 15) is 18.0 Å². The summed E-state index contributed by atoms with van der Waals surface area (Å²) in [6.45, 7) is 9.02. The first-order valence-corrected chi connectivity index (χ1v) is 10.2. The molecule has 0 atom stereocenters. The molecule has 2 aromatic rings. The van der Waals surface area contributed by atoms with E-state index in [-0.39, 0.29) is 11.0 Å². The fourth-order valence-corrected chi connectivity index (χ4v) is 4.61. The minimum Gasteiger partial charge on any atom is -0.320 e. The molecule has 1 aliphatic carbocycles. The maximum atomic E-state index is 13.1. The number of aromatic nitrogens is 1. The van der Waals surface area contributed by atoms with Crippen molar-refractivity contribution in [3.63, 3.8) is 0 Å². The number of rotatable bonds is 3. The average molecular weight is 431 g/mol. The summed E-state index contributed by atoms with van der Waals surface area (Å²) in [6, 6.07) is 3.31. The molecule has 152 valence electrons. The predicted octanol–water partition coefficient (Wildman–Crippen LogP) is 5.98. The number of thiazole rings is 1. The first-order valence-electron chi connectivity index (χ1n) is 9.05. The van der Waals surface area contributed by atoms with Crippen LogP contribution in [0.1, 0.15) is 60.1 Å². The second-order valence-electron chi connectivity index (χ2n) is 8.18. The standard InChI is InChI=1S/C20H22ClF3N2OS/c1-11-16(19(2,3)4)28-18(26(11)10-12-8-9-12)25-17(27)13-6-5-7-14(15(13)21)20(22,23)24/h5-7,12H,8-10H2,1-4H3/b25-18-. The van der Waals surface area contributed by atoms with Crippen LogP contribution in [0, 0.1) is 12.8 Å². The fourth-order valence-electron chi connectivity index (χ4n) is 3.10. The van der Waals surface area contributed by atoms with Gasteiger partial charge in [0.1, 0.15) is 0 Å². The minimum atomic E-state index is -4.63. The Morgan fingerprint density at radius 1 is 1.29 bits per heavy atom. The number of nitrogens with zero attached hydrogens (tertiary/aromatic N) is 2. The third-order valence-electron chi connectivity index (χ3n) is 4.71. The van der Waals surface area contributed by atoms with Crippen molar-refractivity contribution in [1.29, 1.82) is 0 Å². The van der Waals surface area contributed by atoms with E-state index in [4.69, 9.17) is 11.6 Å². The lowest BCUT2D eigenvalue weighted by Gasteiger charge is -2.17. The van der Waals surface area contributed by atoms with Crippen LogP contribution in [-0.4, -0.2) is 10.5 Å². The largest absolute Gasteiger partial charge is 0.417 e. The Morgan fingerprint density at radius 2 is 1.93 bits per heavy atom. The molecule has 3 rings (SSSR count). The topological polar surface area (TPSA) is 34.4 Å². The van der Waals surface area contributed by atoms with Crippen molar-refractivity contribution >= 4 is 28.8 Å². The van der Waals surface area contributed by atoms with Crippen LogP contribution in [0.15, 0.2) is 23.2 Å². The maximum Gasteiger partial charge on any atom is 0.417 e. The van der Waals surface area contributed by atoms with Crippen molar-refractivity contribution in [3.05, 3.63) is 49.7 Å². The zero-order chi connectivity index (χ0) is 20.9. The second kappa shape index (κ2) is 7.34. The summed E-state index contributed by atoms with van der Waals surface area (Å²) < 4.78 is 41.3. The van der Waals surface area contributed by atoms with E-state index in [1.165, 1.54) is 23.5 Å². The summed E-state index contributed by atoms with van der Waals surface area (Å²) in [5.74, 6) is -0.199. The lowest BCUT2D eigenvalue weighted by molar-refractivity contribution is -0.137. The molecule has 1 saturated carbocycles.